The van der Waals surface area contributed by atoms with E-state index in [9.17, 15) is 9.59 Å². The summed E-state index contributed by atoms with van der Waals surface area (Å²) in [6.07, 6.45) is 4.96. The molecule has 1 aromatic carbocycles. The lowest BCUT2D eigenvalue weighted by Crippen LogP contribution is -2.16. The molecule has 2 aromatic heterocycles. The van der Waals surface area contributed by atoms with Crippen LogP contribution in [0.15, 0.2) is 55.0 Å². The second kappa shape index (κ2) is 6.31. The minimum Gasteiger partial charge on any atom is -0.356 e. The summed E-state index contributed by atoms with van der Waals surface area (Å²) in [6.45, 7) is 2.07. The van der Waals surface area contributed by atoms with Gasteiger partial charge < -0.3 is 9.55 Å². The van der Waals surface area contributed by atoms with Crippen LogP contribution in [0, 0.1) is 0 Å². The number of Topliss-reactive ketones (excluding diaryl/α,β-unsaturated/α-hetero) is 1. The fourth-order valence-electron chi connectivity index (χ4n) is 2.24. The van der Waals surface area contributed by atoms with Crippen LogP contribution in [-0.2, 0) is 6.54 Å². The lowest BCUT2D eigenvalue weighted by atomic mass is 10.2. The molecule has 6 nitrogen and oxygen atoms in total. The molecule has 0 unspecified atom stereocenters. The van der Waals surface area contributed by atoms with E-state index in [2.05, 4.69) is 15.3 Å². The smallest absolute Gasteiger partial charge is 0.274 e. The Hall–Kier alpha value is -3.15. The number of aromatic nitrogens is 3. The highest BCUT2D eigenvalue weighted by Crippen LogP contribution is 2.11. The van der Waals surface area contributed by atoms with Gasteiger partial charge >= 0.3 is 0 Å². The van der Waals surface area contributed by atoms with Gasteiger partial charge in [-0.2, -0.15) is 0 Å². The van der Waals surface area contributed by atoms with Crippen LogP contribution in [-0.4, -0.2) is 26.2 Å². The first-order valence-electron chi connectivity index (χ1n) is 7.19. The molecule has 0 spiro atoms. The molecule has 0 fully saturated rings. The van der Waals surface area contributed by atoms with Gasteiger partial charge in [-0.05, 0) is 18.6 Å². The average Bonchev–Trinajstić information content (AvgIpc) is 3.18. The predicted octanol–water partition coefficient (Wildman–Crippen LogP) is 2.71. The number of carbonyl (C=O) groups is 2. The number of ketones is 1. The molecular formula is C17H16N4O2. The Bertz CT molecular complexity index is 833. The number of anilines is 1. The van der Waals surface area contributed by atoms with E-state index >= 15 is 0 Å². The summed E-state index contributed by atoms with van der Waals surface area (Å²) in [5, 5.41) is 2.75. The van der Waals surface area contributed by atoms with Crippen molar-refractivity contribution in [3.05, 3.63) is 71.8 Å². The lowest BCUT2D eigenvalue weighted by molar-refractivity contribution is 0.101. The summed E-state index contributed by atoms with van der Waals surface area (Å²) in [4.78, 5) is 30.5. The van der Waals surface area contributed by atoms with E-state index in [1.807, 2.05) is 34.9 Å². The molecule has 0 saturated carbocycles. The van der Waals surface area contributed by atoms with Crippen LogP contribution in [0.3, 0.4) is 0 Å². The lowest BCUT2D eigenvalue weighted by Gasteiger charge is -2.08. The molecule has 0 aliphatic rings. The molecule has 23 heavy (non-hydrogen) atoms. The number of hydrogen-bond donors (Lipinski definition) is 2. The van der Waals surface area contributed by atoms with Crippen molar-refractivity contribution in [2.75, 3.05) is 5.32 Å². The molecule has 3 aromatic rings. The Kier molecular flexibility index (Phi) is 4.05. The zero-order valence-corrected chi connectivity index (χ0v) is 12.6. The molecular weight excluding hydrogens is 292 g/mol. The number of hydrogen-bond acceptors (Lipinski definition) is 3. The normalized spacial score (nSPS) is 10.5. The summed E-state index contributed by atoms with van der Waals surface area (Å²) in [5.74, 6) is 0.0294. The van der Waals surface area contributed by atoms with Gasteiger partial charge in [0.2, 0.25) is 5.95 Å². The summed E-state index contributed by atoms with van der Waals surface area (Å²) in [7, 11) is 0. The fourth-order valence-corrected chi connectivity index (χ4v) is 2.24. The first-order chi connectivity index (χ1) is 11.1. The molecule has 0 bridgehead atoms. The van der Waals surface area contributed by atoms with Gasteiger partial charge in [0, 0.05) is 24.2 Å². The number of carbonyl (C=O) groups excluding carboxylic acids is 2. The zero-order chi connectivity index (χ0) is 16.2. The summed E-state index contributed by atoms with van der Waals surface area (Å²) in [5.41, 5.74) is 1.91. The third kappa shape index (κ3) is 3.37. The molecule has 0 saturated heterocycles. The van der Waals surface area contributed by atoms with Gasteiger partial charge in [-0.15, -0.1) is 0 Å². The third-order valence-electron chi connectivity index (χ3n) is 3.47. The Morgan fingerprint density at radius 1 is 1.26 bits per heavy atom. The molecule has 0 aliphatic carbocycles. The topological polar surface area (TPSA) is 79.8 Å². The molecule has 2 N–H and O–H groups in total. The maximum atomic E-state index is 12.2. The monoisotopic (exact) mass is 308 g/mol. The van der Waals surface area contributed by atoms with E-state index in [4.69, 9.17) is 0 Å². The first-order valence-corrected chi connectivity index (χ1v) is 7.19. The van der Waals surface area contributed by atoms with Gasteiger partial charge in [0.25, 0.3) is 5.91 Å². The predicted molar refractivity (Wildman–Crippen MR) is 86.5 cm³/mol. The minimum absolute atomic E-state index is 0.0918. The maximum absolute atomic E-state index is 12.2. The Balaban J connectivity index is 1.74. The van der Waals surface area contributed by atoms with E-state index in [-0.39, 0.29) is 11.7 Å². The number of aromatic amines is 1. The van der Waals surface area contributed by atoms with Gasteiger partial charge in [-0.25, -0.2) is 4.98 Å². The van der Waals surface area contributed by atoms with E-state index in [0.717, 1.165) is 5.56 Å². The molecule has 0 radical (unpaired) electrons. The van der Waals surface area contributed by atoms with Crippen LogP contribution < -0.4 is 5.32 Å². The fraction of sp³-hybridized carbons (Fsp3) is 0.118. The quantitative estimate of drug-likeness (QED) is 0.711. The Morgan fingerprint density at radius 3 is 2.74 bits per heavy atom. The van der Waals surface area contributed by atoms with Crippen molar-refractivity contribution < 1.29 is 9.59 Å². The van der Waals surface area contributed by atoms with Crippen molar-refractivity contribution in [3.8, 4) is 0 Å². The van der Waals surface area contributed by atoms with E-state index in [1.165, 1.54) is 19.2 Å². The number of H-pyrrole nitrogens is 1. The first kappa shape index (κ1) is 14.8. The summed E-state index contributed by atoms with van der Waals surface area (Å²) in [6, 6.07) is 11.4. The standard InChI is InChI=1S/C17H16N4O2/c1-12(22)14-9-15(19-10-14)16(23)20-17-18-7-8-21(17)11-13-5-3-2-4-6-13/h2-10,19H,11H2,1H3,(H,18,20,23). The summed E-state index contributed by atoms with van der Waals surface area (Å²) < 4.78 is 1.85. The Morgan fingerprint density at radius 2 is 2.04 bits per heavy atom. The Labute approximate surface area is 133 Å². The zero-order valence-electron chi connectivity index (χ0n) is 12.6. The second-order valence-electron chi connectivity index (χ2n) is 5.18. The molecule has 6 heteroatoms. The van der Waals surface area contributed by atoms with Gasteiger partial charge in [0.05, 0.1) is 6.54 Å². The van der Waals surface area contributed by atoms with E-state index in [0.29, 0.717) is 23.8 Å². The van der Waals surface area contributed by atoms with Crippen molar-refractivity contribution in [1.82, 2.24) is 14.5 Å². The molecule has 3 rings (SSSR count). The second-order valence-corrected chi connectivity index (χ2v) is 5.18. The number of benzene rings is 1. The van der Waals surface area contributed by atoms with Gasteiger partial charge in [0.15, 0.2) is 5.78 Å². The number of amides is 1. The van der Waals surface area contributed by atoms with Gasteiger partial charge in [-0.1, -0.05) is 30.3 Å². The van der Waals surface area contributed by atoms with Crippen LogP contribution in [0.4, 0.5) is 5.95 Å². The molecule has 0 aliphatic heterocycles. The SMILES string of the molecule is CC(=O)c1c[nH]c(C(=O)Nc2nccn2Cc2ccccc2)c1. The van der Waals surface area contributed by atoms with Crippen molar-refractivity contribution in [2.24, 2.45) is 0 Å². The van der Waals surface area contributed by atoms with Gasteiger partial charge in [-0.3, -0.25) is 14.9 Å². The minimum atomic E-state index is -0.335. The van der Waals surface area contributed by atoms with Crippen LogP contribution >= 0.6 is 0 Å². The molecule has 116 valence electrons. The molecule has 1 amide bonds. The third-order valence-corrected chi connectivity index (χ3v) is 3.47. The maximum Gasteiger partial charge on any atom is 0.274 e. The average molecular weight is 308 g/mol. The van der Waals surface area contributed by atoms with Crippen LogP contribution in [0.2, 0.25) is 0 Å². The van der Waals surface area contributed by atoms with Crippen molar-refractivity contribution in [1.29, 1.82) is 0 Å². The number of nitrogens with zero attached hydrogens (tertiary/aromatic N) is 2. The number of rotatable bonds is 5. The van der Waals surface area contributed by atoms with E-state index in [1.54, 1.807) is 12.4 Å². The van der Waals surface area contributed by atoms with Crippen molar-refractivity contribution >= 4 is 17.6 Å². The summed E-state index contributed by atoms with van der Waals surface area (Å²) >= 11 is 0. The molecule has 2 heterocycles. The van der Waals surface area contributed by atoms with Crippen LogP contribution in [0.5, 0.6) is 0 Å². The number of imidazole rings is 1. The highest BCUT2D eigenvalue weighted by molar-refractivity contribution is 6.04. The molecule has 0 atom stereocenters. The largest absolute Gasteiger partial charge is 0.356 e. The van der Waals surface area contributed by atoms with Gasteiger partial charge in [0.1, 0.15) is 5.69 Å². The number of nitrogens with one attached hydrogen (secondary N) is 2. The van der Waals surface area contributed by atoms with E-state index < -0.39 is 0 Å². The van der Waals surface area contributed by atoms with Crippen molar-refractivity contribution in [3.63, 3.8) is 0 Å². The van der Waals surface area contributed by atoms with Crippen LogP contribution in [0.25, 0.3) is 0 Å². The van der Waals surface area contributed by atoms with Crippen LogP contribution in [0.1, 0.15) is 33.3 Å². The van der Waals surface area contributed by atoms with Crippen molar-refractivity contribution in [2.45, 2.75) is 13.5 Å². The highest BCUT2D eigenvalue weighted by Gasteiger charge is 2.13. The highest BCUT2D eigenvalue weighted by atomic mass is 16.2.